The number of benzene rings is 1. The minimum absolute atomic E-state index is 0.222. The molecule has 0 aliphatic carbocycles. The van der Waals surface area contributed by atoms with Crippen molar-refractivity contribution >= 4 is 6.09 Å². The molecule has 0 spiro atoms. The van der Waals surface area contributed by atoms with Gasteiger partial charge in [0.05, 0.1) is 0 Å². The first-order chi connectivity index (χ1) is 10.9. The van der Waals surface area contributed by atoms with Gasteiger partial charge >= 0.3 is 6.09 Å². The molecule has 2 unspecified atom stereocenters. The number of amides is 1. The lowest BCUT2D eigenvalue weighted by Crippen LogP contribution is -2.43. The van der Waals surface area contributed by atoms with Gasteiger partial charge in [-0.3, -0.25) is 0 Å². The van der Waals surface area contributed by atoms with Crippen LogP contribution in [0.1, 0.15) is 65.5 Å². The number of carbonyl (C=O) groups is 1. The Kier molecular flexibility index (Phi) is 8.10. The average molecular weight is 320 g/mol. The molecule has 0 aliphatic heterocycles. The summed E-state index contributed by atoms with van der Waals surface area (Å²) >= 11 is 0. The number of rotatable bonds is 8. The maximum absolute atomic E-state index is 11.8. The topological polar surface area (TPSA) is 50.4 Å². The molecular formula is C19H32N2O2. The van der Waals surface area contributed by atoms with Gasteiger partial charge < -0.3 is 15.4 Å². The Balaban J connectivity index is 2.57. The van der Waals surface area contributed by atoms with E-state index in [0.29, 0.717) is 12.6 Å². The molecule has 0 bridgehead atoms. The van der Waals surface area contributed by atoms with Crippen LogP contribution < -0.4 is 10.6 Å². The highest BCUT2D eigenvalue weighted by atomic mass is 16.6. The van der Waals surface area contributed by atoms with Crippen molar-refractivity contribution in [2.24, 2.45) is 0 Å². The molecule has 23 heavy (non-hydrogen) atoms. The SMILES string of the molecule is CCCC(NC(CC)CNC(=O)OC(C)(C)C)c1ccccc1. The van der Waals surface area contributed by atoms with E-state index in [1.54, 1.807) is 0 Å². The average Bonchev–Trinajstić information content (AvgIpc) is 2.49. The van der Waals surface area contributed by atoms with Crippen molar-refractivity contribution < 1.29 is 9.53 Å². The summed E-state index contributed by atoms with van der Waals surface area (Å²) in [6.45, 7) is 10.5. The second kappa shape index (κ2) is 9.56. The fourth-order valence-electron chi connectivity index (χ4n) is 2.45. The van der Waals surface area contributed by atoms with Gasteiger partial charge in [-0.1, -0.05) is 50.6 Å². The van der Waals surface area contributed by atoms with Gasteiger partial charge in [-0.25, -0.2) is 4.79 Å². The van der Waals surface area contributed by atoms with Crippen LogP contribution in [0.15, 0.2) is 30.3 Å². The zero-order valence-corrected chi connectivity index (χ0v) is 15.2. The Morgan fingerprint density at radius 3 is 2.35 bits per heavy atom. The minimum Gasteiger partial charge on any atom is -0.444 e. The fourth-order valence-corrected chi connectivity index (χ4v) is 2.45. The molecule has 0 aliphatic rings. The number of hydrogen-bond donors (Lipinski definition) is 2. The molecule has 1 amide bonds. The predicted octanol–water partition coefficient (Wildman–Crippen LogP) is 4.42. The zero-order chi connectivity index (χ0) is 17.3. The summed E-state index contributed by atoms with van der Waals surface area (Å²) in [5, 5.41) is 6.53. The van der Waals surface area contributed by atoms with Gasteiger partial charge in [0, 0.05) is 18.6 Å². The van der Waals surface area contributed by atoms with Crippen LogP contribution in [0.4, 0.5) is 4.79 Å². The summed E-state index contributed by atoms with van der Waals surface area (Å²) < 4.78 is 5.29. The highest BCUT2D eigenvalue weighted by Gasteiger charge is 2.19. The van der Waals surface area contributed by atoms with E-state index < -0.39 is 5.60 Å². The van der Waals surface area contributed by atoms with Gasteiger partial charge in [0.1, 0.15) is 5.60 Å². The van der Waals surface area contributed by atoms with E-state index in [-0.39, 0.29) is 12.1 Å². The van der Waals surface area contributed by atoms with Crippen molar-refractivity contribution in [2.75, 3.05) is 6.54 Å². The van der Waals surface area contributed by atoms with Gasteiger partial charge in [0.25, 0.3) is 0 Å². The lowest BCUT2D eigenvalue weighted by Gasteiger charge is -2.26. The molecular weight excluding hydrogens is 288 g/mol. The van der Waals surface area contributed by atoms with E-state index in [0.717, 1.165) is 19.3 Å². The molecule has 0 saturated carbocycles. The largest absolute Gasteiger partial charge is 0.444 e. The molecule has 0 heterocycles. The van der Waals surface area contributed by atoms with Gasteiger partial charge in [0.15, 0.2) is 0 Å². The van der Waals surface area contributed by atoms with Crippen molar-refractivity contribution in [3.8, 4) is 0 Å². The molecule has 0 saturated heterocycles. The van der Waals surface area contributed by atoms with Crippen LogP contribution in [0.3, 0.4) is 0 Å². The normalized spacial score (nSPS) is 14.1. The smallest absolute Gasteiger partial charge is 0.407 e. The van der Waals surface area contributed by atoms with Crippen LogP contribution in [0, 0.1) is 0 Å². The molecule has 4 nitrogen and oxygen atoms in total. The zero-order valence-electron chi connectivity index (χ0n) is 15.2. The first-order valence-corrected chi connectivity index (χ1v) is 8.63. The molecule has 4 heteroatoms. The third-order valence-electron chi connectivity index (χ3n) is 3.60. The summed E-state index contributed by atoms with van der Waals surface area (Å²) in [7, 11) is 0. The van der Waals surface area contributed by atoms with Crippen LogP contribution in [0.5, 0.6) is 0 Å². The van der Waals surface area contributed by atoms with E-state index in [4.69, 9.17) is 4.74 Å². The second-order valence-electron chi connectivity index (χ2n) is 6.91. The third kappa shape index (κ3) is 8.03. The number of carbonyl (C=O) groups excluding carboxylic acids is 1. The molecule has 0 aromatic heterocycles. The quantitative estimate of drug-likeness (QED) is 0.745. The Labute approximate surface area is 141 Å². The van der Waals surface area contributed by atoms with Crippen molar-refractivity contribution in [3.63, 3.8) is 0 Å². The summed E-state index contributed by atoms with van der Waals surface area (Å²) in [6.07, 6.45) is 2.78. The van der Waals surface area contributed by atoms with E-state index in [2.05, 4.69) is 48.7 Å². The lowest BCUT2D eigenvalue weighted by atomic mass is 10.0. The lowest BCUT2D eigenvalue weighted by molar-refractivity contribution is 0.0521. The van der Waals surface area contributed by atoms with E-state index in [1.165, 1.54) is 5.56 Å². The Bertz CT molecular complexity index is 454. The van der Waals surface area contributed by atoms with Crippen molar-refractivity contribution in [1.82, 2.24) is 10.6 Å². The molecule has 2 atom stereocenters. The summed E-state index contributed by atoms with van der Waals surface area (Å²) in [5.74, 6) is 0. The van der Waals surface area contributed by atoms with Gasteiger partial charge in [-0.2, -0.15) is 0 Å². The Hall–Kier alpha value is -1.55. The monoisotopic (exact) mass is 320 g/mol. The van der Waals surface area contributed by atoms with Crippen LogP contribution in [0.25, 0.3) is 0 Å². The highest BCUT2D eigenvalue weighted by molar-refractivity contribution is 5.67. The standard InChI is InChI=1S/C19H32N2O2/c1-6-11-17(15-12-9-8-10-13-15)21-16(7-2)14-20-18(22)23-19(3,4)5/h8-10,12-13,16-17,21H,6-7,11,14H2,1-5H3,(H,20,22). The highest BCUT2D eigenvalue weighted by Crippen LogP contribution is 2.19. The van der Waals surface area contributed by atoms with Gasteiger partial charge in [0.2, 0.25) is 0 Å². The predicted molar refractivity (Wildman–Crippen MR) is 95.5 cm³/mol. The Morgan fingerprint density at radius 1 is 1.17 bits per heavy atom. The maximum atomic E-state index is 11.8. The number of nitrogens with one attached hydrogen (secondary N) is 2. The molecule has 1 rings (SSSR count). The van der Waals surface area contributed by atoms with Crippen molar-refractivity contribution in [3.05, 3.63) is 35.9 Å². The van der Waals surface area contributed by atoms with Crippen molar-refractivity contribution in [2.45, 2.75) is 71.6 Å². The molecule has 2 N–H and O–H groups in total. The van der Waals surface area contributed by atoms with E-state index in [1.807, 2.05) is 26.8 Å². The van der Waals surface area contributed by atoms with Crippen LogP contribution in [0.2, 0.25) is 0 Å². The first-order valence-electron chi connectivity index (χ1n) is 8.63. The molecule has 1 aromatic rings. The van der Waals surface area contributed by atoms with Crippen LogP contribution in [-0.2, 0) is 4.74 Å². The fraction of sp³-hybridized carbons (Fsp3) is 0.632. The van der Waals surface area contributed by atoms with E-state index >= 15 is 0 Å². The van der Waals surface area contributed by atoms with Gasteiger partial charge in [-0.15, -0.1) is 0 Å². The molecule has 0 radical (unpaired) electrons. The van der Waals surface area contributed by atoms with Gasteiger partial charge in [-0.05, 0) is 39.2 Å². The second-order valence-corrected chi connectivity index (χ2v) is 6.91. The van der Waals surface area contributed by atoms with E-state index in [9.17, 15) is 4.79 Å². The summed E-state index contributed by atoms with van der Waals surface area (Å²) in [6, 6.07) is 11.0. The molecule has 1 aromatic carbocycles. The first kappa shape index (κ1) is 19.5. The summed E-state index contributed by atoms with van der Waals surface area (Å²) in [4.78, 5) is 11.8. The number of hydrogen-bond acceptors (Lipinski definition) is 3. The number of ether oxygens (including phenoxy) is 1. The van der Waals surface area contributed by atoms with Crippen LogP contribution in [-0.4, -0.2) is 24.3 Å². The minimum atomic E-state index is -0.464. The van der Waals surface area contributed by atoms with Crippen molar-refractivity contribution in [1.29, 1.82) is 0 Å². The third-order valence-corrected chi connectivity index (χ3v) is 3.60. The number of alkyl carbamates (subject to hydrolysis) is 1. The maximum Gasteiger partial charge on any atom is 0.407 e. The molecule has 0 fully saturated rings. The summed E-state index contributed by atoms with van der Waals surface area (Å²) in [5.41, 5.74) is 0.832. The van der Waals surface area contributed by atoms with Crippen LogP contribution >= 0.6 is 0 Å². The Morgan fingerprint density at radius 2 is 1.83 bits per heavy atom. The molecule has 130 valence electrons.